The molecule has 0 radical (unpaired) electrons. The zero-order valence-corrected chi connectivity index (χ0v) is 12.6. The van der Waals surface area contributed by atoms with Gasteiger partial charge in [0.15, 0.2) is 0 Å². The van der Waals surface area contributed by atoms with Crippen molar-refractivity contribution < 1.29 is 19.1 Å². The van der Waals surface area contributed by atoms with Crippen LogP contribution in [0.2, 0.25) is 0 Å². The SMILES string of the molecule is CCCCCOC(=O)C(Cc1ccccc1)NC(=O)OC. The Morgan fingerprint density at radius 2 is 1.90 bits per heavy atom. The average molecular weight is 293 g/mol. The Bertz CT molecular complexity index is 433. The van der Waals surface area contributed by atoms with Gasteiger partial charge in [0, 0.05) is 6.42 Å². The summed E-state index contributed by atoms with van der Waals surface area (Å²) in [6.07, 6.45) is 2.65. The zero-order chi connectivity index (χ0) is 15.5. The Morgan fingerprint density at radius 1 is 1.19 bits per heavy atom. The Hall–Kier alpha value is -2.04. The maximum atomic E-state index is 12.1. The lowest BCUT2D eigenvalue weighted by molar-refractivity contribution is -0.146. The number of amides is 1. The van der Waals surface area contributed by atoms with E-state index in [1.54, 1.807) is 0 Å². The molecule has 5 nitrogen and oxygen atoms in total. The molecule has 0 fully saturated rings. The van der Waals surface area contributed by atoms with Crippen LogP contribution in [0.3, 0.4) is 0 Å². The normalized spacial score (nSPS) is 11.5. The topological polar surface area (TPSA) is 64.6 Å². The molecule has 1 N–H and O–H groups in total. The van der Waals surface area contributed by atoms with E-state index in [0.29, 0.717) is 13.0 Å². The van der Waals surface area contributed by atoms with Gasteiger partial charge in [-0.25, -0.2) is 9.59 Å². The summed E-state index contributed by atoms with van der Waals surface area (Å²) in [5.74, 6) is -0.430. The van der Waals surface area contributed by atoms with Crippen molar-refractivity contribution in [2.24, 2.45) is 0 Å². The van der Waals surface area contributed by atoms with E-state index in [1.165, 1.54) is 7.11 Å². The second kappa shape index (κ2) is 9.80. The number of rotatable bonds is 8. The van der Waals surface area contributed by atoms with E-state index in [4.69, 9.17) is 4.74 Å². The molecule has 116 valence electrons. The van der Waals surface area contributed by atoms with E-state index < -0.39 is 18.1 Å². The van der Waals surface area contributed by atoms with Gasteiger partial charge in [-0.05, 0) is 12.0 Å². The van der Waals surface area contributed by atoms with Gasteiger partial charge in [-0.15, -0.1) is 0 Å². The van der Waals surface area contributed by atoms with Crippen molar-refractivity contribution in [2.45, 2.75) is 38.6 Å². The molecule has 21 heavy (non-hydrogen) atoms. The van der Waals surface area contributed by atoms with Crippen LogP contribution in [0.1, 0.15) is 31.7 Å². The van der Waals surface area contributed by atoms with E-state index in [9.17, 15) is 9.59 Å². The van der Waals surface area contributed by atoms with Crippen LogP contribution in [0.4, 0.5) is 4.79 Å². The summed E-state index contributed by atoms with van der Waals surface area (Å²) in [6.45, 7) is 2.46. The number of alkyl carbamates (subject to hydrolysis) is 1. The van der Waals surface area contributed by atoms with Gasteiger partial charge in [0.25, 0.3) is 0 Å². The van der Waals surface area contributed by atoms with Crippen LogP contribution in [-0.4, -0.2) is 31.8 Å². The van der Waals surface area contributed by atoms with E-state index >= 15 is 0 Å². The lowest BCUT2D eigenvalue weighted by atomic mass is 10.1. The fraction of sp³-hybridized carbons (Fsp3) is 0.500. The highest BCUT2D eigenvalue weighted by atomic mass is 16.5. The highest BCUT2D eigenvalue weighted by Crippen LogP contribution is 2.06. The molecule has 0 aromatic heterocycles. The second-order valence-corrected chi connectivity index (χ2v) is 4.75. The number of nitrogens with one attached hydrogen (secondary N) is 1. The molecule has 0 saturated heterocycles. The largest absolute Gasteiger partial charge is 0.464 e. The molecule has 0 spiro atoms. The third-order valence-electron chi connectivity index (χ3n) is 3.04. The maximum absolute atomic E-state index is 12.1. The Labute approximate surface area is 125 Å². The average Bonchev–Trinajstić information content (AvgIpc) is 2.51. The molecule has 0 aliphatic rings. The predicted octanol–water partition coefficient (Wildman–Crippen LogP) is 2.69. The van der Waals surface area contributed by atoms with E-state index in [-0.39, 0.29) is 0 Å². The third kappa shape index (κ3) is 6.79. The Morgan fingerprint density at radius 3 is 2.52 bits per heavy atom. The molecule has 1 aromatic rings. The van der Waals surface area contributed by atoms with Crippen LogP contribution >= 0.6 is 0 Å². The van der Waals surface area contributed by atoms with Gasteiger partial charge >= 0.3 is 12.1 Å². The summed E-state index contributed by atoms with van der Waals surface area (Å²) in [5.41, 5.74) is 0.949. The lowest BCUT2D eigenvalue weighted by Gasteiger charge is -2.17. The van der Waals surface area contributed by atoms with E-state index in [0.717, 1.165) is 24.8 Å². The van der Waals surface area contributed by atoms with Gasteiger partial charge in [-0.3, -0.25) is 0 Å². The Kier molecular flexibility index (Phi) is 7.94. The number of benzene rings is 1. The van der Waals surface area contributed by atoms with Gasteiger partial charge in [0.2, 0.25) is 0 Å². The zero-order valence-electron chi connectivity index (χ0n) is 12.6. The monoisotopic (exact) mass is 293 g/mol. The van der Waals surface area contributed by atoms with E-state index in [1.807, 2.05) is 30.3 Å². The van der Waals surface area contributed by atoms with Gasteiger partial charge in [0.05, 0.1) is 13.7 Å². The fourth-order valence-corrected chi connectivity index (χ4v) is 1.87. The first kappa shape index (κ1) is 17.0. The molecule has 0 bridgehead atoms. The number of ether oxygens (including phenoxy) is 2. The molecule has 1 amide bonds. The molecule has 0 aliphatic heterocycles. The van der Waals surface area contributed by atoms with Gasteiger partial charge in [-0.2, -0.15) is 0 Å². The van der Waals surface area contributed by atoms with Crippen LogP contribution in [0, 0.1) is 0 Å². The number of carbonyl (C=O) groups is 2. The van der Waals surface area contributed by atoms with Gasteiger partial charge in [-0.1, -0.05) is 50.1 Å². The summed E-state index contributed by atoms with van der Waals surface area (Å²) in [7, 11) is 1.27. The second-order valence-electron chi connectivity index (χ2n) is 4.75. The molecule has 1 aromatic carbocycles. The number of hydrogen-bond acceptors (Lipinski definition) is 4. The number of unbranched alkanes of at least 4 members (excludes halogenated alkanes) is 2. The van der Waals surface area contributed by atoms with Crippen LogP contribution < -0.4 is 5.32 Å². The number of methoxy groups -OCH3 is 1. The standard InChI is InChI=1S/C16H23NO4/c1-3-4-8-11-21-15(18)14(17-16(19)20-2)12-13-9-6-5-7-10-13/h5-7,9-10,14H,3-4,8,11-12H2,1-2H3,(H,17,19). The van der Waals surface area contributed by atoms with Crippen molar-refractivity contribution in [1.82, 2.24) is 5.32 Å². The van der Waals surface area contributed by atoms with Gasteiger partial charge in [0.1, 0.15) is 6.04 Å². The molecule has 0 heterocycles. The number of esters is 1. The molecule has 5 heteroatoms. The smallest absolute Gasteiger partial charge is 0.407 e. The van der Waals surface area contributed by atoms with Crippen LogP contribution in [0.15, 0.2) is 30.3 Å². The van der Waals surface area contributed by atoms with Crippen molar-refractivity contribution >= 4 is 12.1 Å². The van der Waals surface area contributed by atoms with Crippen molar-refractivity contribution in [3.63, 3.8) is 0 Å². The summed E-state index contributed by atoms with van der Waals surface area (Å²) in [6, 6.07) is 8.73. The fourth-order valence-electron chi connectivity index (χ4n) is 1.87. The van der Waals surface area contributed by atoms with Crippen molar-refractivity contribution in [3.05, 3.63) is 35.9 Å². The third-order valence-corrected chi connectivity index (χ3v) is 3.04. The summed E-state index contributed by atoms with van der Waals surface area (Å²) in [5, 5.41) is 2.52. The van der Waals surface area contributed by atoms with Crippen molar-refractivity contribution in [2.75, 3.05) is 13.7 Å². The quantitative estimate of drug-likeness (QED) is 0.591. The molecular formula is C16H23NO4. The molecule has 0 saturated carbocycles. The molecule has 0 aliphatic carbocycles. The minimum atomic E-state index is -0.735. The summed E-state index contributed by atoms with van der Waals surface area (Å²) < 4.78 is 9.77. The number of hydrogen-bond donors (Lipinski definition) is 1. The van der Waals surface area contributed by atoms with Crippen molar-refractivity contribution in [1.29, 1.82) is 0 Å². The molecule has 1 atom stereocenters. The summed E-state index contributed by atoms with van der Waals surface area (Å²) >= 11 is 0. The first-order chi connectivity index (χ1) is 10.2. The van der Waals surface area contributed by atoms with E-state index in [2.05, 4.69) is 17.0 Å². The highest BCUT2D eigenvalue weighted by molar-refractivity contribution is 5.81. The number of carbonyl (C=O) groups excluding carboxylic acids is 2. The first-order valence-corrected chi connectivity index (χ1v) is 7.22. The summed E-state index contributed by atoms with van der Waals surface area (Å²) in [4.78, 5) is 23.4. The van der Waals surface area contributed by atoms with Crippen molar-refractivity contribution in [3.8, 4) is 0 Å². The Balaban J connectivity index is 2.58. The molecule has 1 rings (SSSR count). The minimum Gasteiger partial charge on any atom is -0.464 e. The maximum Gasteiger partial charge on any atom is 0.407 e. The minimum absolute atomic E-state index is 0.376. The van der Waals surface area contributed by atoms with Gasteiger partial charge < -0.3 is 14.8 Å². The van der Waals surface area contributed by atoms with Crippen LogP contribution in [0.25, 0.3) is 0 Å². The molecular weight excluding hydrogens is 270 g/mol. The highest BCUT2D eigenvalue weighted by Gasteiger charge is 2.22. The van der Waals surface area contributed by atoms with Crippen LogP contribution in [0.5, 0.6) is 0 Å². The molecule has 1 unspecified atom stereocenters. The first-order valence-electron chi connectivity index (χ1n) is 7.22. The lowest BCUT2D eigenvalue weighted by Crippen LogP contribution is -2.43. The predicted molar refractivity (Wildman–Crippen MR) is 80.0 cm³/mol. The van der Waals surface area contributed by atoms with Crippen LogP contribution in [-0.2, 0) is 20.7 Å².